The summed E-state index contributed by atoms with van der Waals surface area (Å²) in [6, 6.07) is 0.939. The maximum atomic E-state index is 2.32. The highest BCUT2D eigenvalue weighted by atomic mass is 16.0. The lowest BCUT2D eigenvalue weighted by molar-refractivity contribution is -0.897. The van der Waals surface area contributed by atoms with Gasteiger partial charge < -0.3 is 9.96 Å². The van der Waals surface area contributed by atoms with Crippen molar-refractivity contribution in [3.05, 3.63) is 0 Å². The van der Waals surface area contributed by atoms with Crippen LogP contribution < -0.4 is 0 Å². The van der Waals surface area contributed by atoms with Crippen LogP contribution in [0.4, 0.5) is 0 Å². The fourth-order valence-electron chi connectivity index (χ4n) is 1.86. The van der Waals surface area contributed by atoms with Crippen LogP contribution in [0.5, 0.6) is 0 Å². The molecule has 1 aliphatic rings. The molecule has 0 saturated heterocycles. The average Bonchev–Trinajstić information content (AvgIpc) is 1.88. The minimum Gasteiger partial charge on any atom is -0.870 e. The minimum absolute atomic E-state index is 0. The summed E-state index contributed by atoms with van der Waals surface area (Å²) in [7, 11) is 6.95. The molecule has 0 amide bonds. The highest BCUT2D eigenvalue weighted by Crippen LogP contribution is 2.23. The molecule has 11 heavy (non-hydrogen) atoms. The molecule has 2 heteroatoms. The normalized spacial score (nSPS) is 21.0. The summed E-state index contributed by atoms with van der Waals surface area (Å²) < 4.78 is 1.17. The Morgan fingerprint density at radius 2 is 1.36 bits per heavy atom. The summed E-state index contributed by atoms with van der Waals surface area (Å²) in [4.78, 5) is 0. The zero-order valence-electron chi connectivity index (χ0n) is 8.01. The molecule has 0 aliphatic heterocycles. The number of nitrogens with zero attached hydrogens (tertiary/aromatic N) is 1. The van der Waals surface area contributed by atoms with Gasteiger partial charge in [-0.05, 0) is 25.7 Å². The van der Waals surface area contributed by atoms with Gasteiger partial charge in [-0.1, -0.05) is 6.42 Å². The van der Waals surface area contributed by atoms with Gasteiger partial charge in [0, 0.05) is 0 Å². The highest BCUT2D eigenvalue weighted by molar-refractivity contribution is 4.64. The van der Waals surface area contributed by atoms with Crippen LogP contribution in [0.3, 0.4) is 0 Å². The standard InChI is InChI=1S/C9H20N.H2O/c1-10(2,3)9-7-5-4-6-8-9;/h9H,4-8H2,1-3H3;1H2/q+1;/p-1. The molecular weight excluding hydrogens is 138 g/mol. The number of rotatable bonds is 1. The fraction of sp³-hybridized carbons (Fsp3) is 1.00. The molecule has 0 atom stereocenters. The molecule has 0 spiro atoms. The summed E-state index contributed by atoms with van der Waals surface area (Å²) in [6.45, 7) is 0. The van der Waals surface area contributed by atoms with E-state index in [1.54, 1.807) is 0 Å². The van der Waals surface area contributed by atoms with E-state index in [0.29, 0.717) is 0 Å². The van der Waals surface area contributed by atoms with Crippen LogP contribution in [0.15, 0.2) is 0 Å². The molecular formula is C9H21NO. The van der Waals surface area contributed by atoms with Crippen LogP contribution in [-0.4, -0.2) is 37.1 Å². The Bertz CT molecular complexity index is 101. The highest BCUT2D eigenvalue weighted by Gasteiger charge is 2.24. The SMILES string of the molecule is C[N+](C)(C)C1CCCCC1.[OH-]. The van der Waals surface area contributed by atoms with Crippen molar-refractivity contribution in [2.45, 2.75) is 38.1 Å². The molecule has 1 rings (SSSR count). The van der Waals surface area contributed by atoms with Crippen LogP contribution in [0, 0.1) is 0 Å². The molecule has 1 fully saturated rings. The first-order valence-corrected chi connectivity index (χ1v) is 4.42. The van der Waals surface area contributed by atoms with E-state index < -0.39 is 0 Å². The summed E-state index contributed by atoms with van der Waals surface area (Å²) in [5.41, 5.74) is 0. The van der Waals surface area contributed by atoms with E-state index in [9.17, 15) is 0 Å². The van der Waals surface area contributed by atoms with E-state index in [4.69, 9.17) is 0 Å². The number of hydrogen-bond acceptors (Lipinski definition) is 1. The quantitative estimate of drug-likeness (QED) is 0.537. The fourth-order valence-corrected chi connectivity index (χ4v) is 1.86. The van der Waals surface area contributed by atoms with Gasteiger partial charge in [0.2, 0.25) is 0 Å². The molecule has 1 saturated carbocycles. The van der Waals surface area contributed by atoms with Gasteiger partial charge >= 0.3 is 0 Å². The van der Waals surface area contributed by atoms with Gasteiger partial charge in [0.25, 0.3) is 0 Å². The third-order valence-electron chi connectivity index (χ3n) is 2.67. The summed E-state index contributed by atoms with van der Waals surface area (Å²) >= 11 is 0. The van der Waals surface area contributed by atoms with E-state index in [2.05, 4.69) is 21.1 Å². The monoisotopic (exact) mass is 159 g/mol. The molecule has 0 aromatic carbocycles. The number of hydrogen-bond donors (Lipinski definition) is 0. The average molecular weight is 159 g/mol. The van der Waals surface area contributed by atoms with Crippen molar-refractivity contribution in [3.8, 4) is 0 Å². The maximum absolute atomic E-state index is 2.32. The predicted octanol–water partition coefficient (Wildman–Crippen LogP) is 1.85. The molecule has 0 unspecified atom stereocenters. The third-order valence-corrected chi connectivity index (χ3v) is 2.67. The van der Waals surface area contributed by atoms with Gasteiger partial charge in [0.1, 0.15) is 0 Å². The Labute approximate surface area is 70.1 Å². The molecule has 0 heterocycles. The van der Waals surface area contributed by atoms with E-state index >= 15 is 0 Å². The van der Waals surface area contributed by atoms with Crippen molar-refractivity contribution >= 4 is 0 Å². The zero-order chi connectivity index (χ0) is 7.61. The van der Waals surface area contributed by atoms with E-state index in [0.717, 1.165) is 6.04 Å². The van der Waals surface area contributed by atoms with Crippen molar-refractivity contribution in [1.29, 1.82) is 0 Å². The molecule has 1 aliphatic carbocycles. The van der Waals surface area contributed by atoms with Crippen LogP contribution in [0.25, 0.3) is 0 Å². The first kappa shape index (κ1) is 10.9. The van der Waals surface area contributed by atoms with Crippen LogP contribution >= 0.6 is 0 Å². The Balaban J connectivity index is 0.000001000. The lowest BCUT2D eigenvalue weighted by Crippen LogP contribution is -2.45. The van der Waals surface area contributed by atoms with Crippen LogP contribution in [0.2, 0.25) is 0 Å². The zero-order valence-corrected chi connectivity index (χ0v) is 8.01. The van der Waals surface area contributed by atoms with Gasteiger partial charge in [0.05, 0.1) is 27.2 Å². The number of quaternary nitrogens is 1. The van der Waals surface area contributed by atoms with Gasteiger partial charge in [-0.25, -0.2) is 0 Å². The molecule has 0 radical (unpaired) electrons. The predicted molar refractivity (Wildman–Crippen MR) is 46.8 cm³/mol. The topological polar surface area (TPSA) is 30.0 Å². The Morgan fingerprint density at radius 1 is 0.909 bits per heavy atom. The van der Waals surface area contributed by atoms with Crippen molar-refractivity contribution in [2.75, 3.05) is 21.1 Å². The van der Waals surface area contributed by atoms with Gasteiger partial charge in [-0.3, -0.25) is 0 Å². The molecule has 0 aromatic heterocycles. The van der Waals surface area contributed by atoms with Crippen molar-refractivity contribution < 1.29 is 9.96 Å². The second-order valence-electron chi connectivity index (χ2n) is 4.41. The first-order chi connectivity index (χ1) is 4.61. The maximum Gasteiger partial charge on any atom is 0.0884 e. The van der Waals surface area contributed by atoms with Crippen molar-refractivity contribution in [1.82, 2.24) is 0 Å². The second kappa shape index (κ2) is 4.07. The Morgan fingerprint density at radius 3 is 1.64 bits per heavy atom. The Hall–Kier alpha value is -0.0800. The molecule has 0 aromatic rings. The largest absolute Gasteiger partial charge is 0.870 e. The minimum atomic E-state index is 0. The molecule has 1 N–H and O–H groups in total. The molecule has 2 nitrogen and oxygen atoms in total. The lowest BCUT2D eigenvalue weighted by atomic mass is 9.94. The van der Waals surface area contributed by atoms with Gasteiger partial charge in [-0.15, -0.1) is 0 Å². The summed E-state index contributed by atoms with van der Waals surface area (Å²) in [6.07, 6.45) is 7.28. The third kappa shape index (κ3) is 3.21. The van der Waals surface area contributed by atoms with Crippen molar-refractivity contribution in [3.63, 3.8) is 0 Å². The Kier molecular flexibility index (Phi) is 4.04. The summed E-state index contributed by atoms with van der Waals surface area (Å²) in [5, 5.41) is 0. The van der Waals surface area contributed by atoms with Gasteiger partial charge in [-0.2, -0.15) is 0 Å². The van der Waals surface area contributed by atoms with Crippen LogP contribution in [-0.2, 0) is 0 Å². The van der Waals surface area contributed by atoms with Gasteiger partial charge in [0.15, 0.2) is 0 Å². The smallest absolute Gasteiger partial charge is 0.0884 e. The molecule has 0 bridgehead atoms. The van der Waals surface area contributed by atoms with Crippen molar-refractivity contribution in [2.24, 2.45) is 0 Å². The summed E-state index contributed by atoms with van der Waals surface area (Å²) in [5.74, 6) is 0. The second-order valence-corrected chi connectivity index (χ2v) is 4.41. The van der Waals surface area contributed by atoms with E-state index in [1.165, 1.54) is 36.6 Å². The molecule has 68 valence electrons. The lowest BCUT2D eigenvalue weighted by Gasteiger charge is -2.36. The first-order valence-electron chi connectivity index (χ1n) is 4.42. The van der Waals surface area contributed by atoms with E-state index in [1.807, 2.05) is 0 Å². The van der Waals surface area contributed by atoms with E-state index in [-0.39, 0.29) is 5.48 Å². The van der Waals surface area contributed by atoms with Crippen LogP contribution in [0.1, 0.15) is 32.1 Å².